The minimum Gasteiger partial charge on any atom is -0.493 e. The standard InChI is InChI=1S/C19H24O3S2/c1-12(19(23-4)24-5)18(20)15-11-14(15)8-6-13-7-9-16(21-2)17(10-13)22-3/h6-10,14-15H,11H2,1-5H3/b8-6+/t14-,15-/m1/s1. The van der Waals surface area contributed by atoms with Crippen LogP contribution in [0.5, 0.6) is 11.5 Å². The van der Waals surface area contributed by atoms with E-state index in [-0.39, 0.29) is 11.7 Å². The van der Waals surface area contributed by atoms with Crippen molar-refractivity contribution < 1.29 is 14.3 Å². The van der Waals surface area contributed by atoms with Crippen molar-refractivity contribution in [1.29, 1.82) is 0 Å². The van der Waals surface area contributed by atoms with Gasteiger partial charge >= 0.3 is 0 Å². The number of methoxy groups -OCH3 is 2. The number of carbonyl (C=O) groups is 1. The molecule has 0 spiro atoms. The van der Waals surface area contributed by atoms with Gasteiger partial charge in [0.05, 0.1) is 14.2 Å². The molecule has 0 amide bonds. The Hall–Kier alpha value is -1.33. The maximum atomic E-state index is 12.5. The smallest absolute Gasteiger partial charge is 0.163 e. The number of ketones is 1. The predicted molar refractivity (Wildman–Crippen MR) is 105 cm³/mol. The van der Waals surface area contributed by atoms with E-state index in [0.717, 1.165) is 27.5 Å². The predicted octanol–water partition coefficient (Wildman–Crippen LogP) is 4.88. The first kappa shape index (κ1) is 19.0. The fourth-order valence-corrected chi connectivity index (χ4v) is 4.17. The highest BCUT2D eigenvalue weighted by atomic mass is 32.2. The topological polar surface area (TPSA) is 35.5 Å². The van der Waals surface area contributed by atoms with Crippen molar-refractivity contribution in [2.24, 2.45) is 11.8 Å². The average molecular weight is 365 g/mol. The SMILES string of the molecule is COc1ccc(/C=C/[C@@H]2C[C@H]2C(=O)C(C)=C(SC)SC)cc1OC. The van der Waals surface area contributed by atoms with Crippen LogP contribution in [0.1, 0.15) is 18.9 Å². The Balaban J connectivity index is 2.03. The van der Waals surface area contributed by atoms with Crippen LogP contribution >= 0.6 is 23.5 Å². The summed E-state index contributed by atoms with van der Waals surface area (Å²) in [6, 6.07) is 5.82. The van der Waals surface area contributed by atoms with Gasteiger partial charge in [0.2, 0.25) is 0 Å². The van der Waals surface area contributed by atoms with Crippen LogP contribution in [0.2, 0.25) is 0 Å². The summed E-state index contributed by atoms with van der Waals surface area (Å²) in [4.78, 5) is 12.5. The molecule has 0 bridgehead atoms. The highest BCUT2D eigenvalue weighted by molar-refractivity contribution is 8.21. The van der Waals surface area contributed by atoms with Gasteiger partial charge < -0.3 is 9.47 Å². The monoisotopic (exact) mass is 364 g/mol. The second-order valence-corrected chi connectivity index (χ2v) is 7.56. The summed E-state index contributed by atoms with van der Waals surface area (Å²) in [5.41, 5.74) is 1.95. The van der Waals surface area contributed by atoms with E-state index in [0.29, 0.717) is 11.7 Å². The van der Waals surface area contributed by atoms with Gasteiger partial charge in [0.25, 0.3) is 0 Å². The molecule has 0 N–H and O–H groups in total. The molecule has 1 aliphatic rings. The normalized spacial score (nSPS) is 19.2. The molecule has 1 aromatic carbocycles. The van der Waals surface area contributed by atoms with Crippen LogP contribution in [0.3, 0.4) is 0 Å². The lowest BCUT2D eigenvalue weighted by molar-refractivity contribution is -0.116. The molecule has 3 nitrogen and oxygen atoms in total. The Morgan fingerprint density at radius 1 is 1.17 bits per heavy atom. The third-order valence-electron chi connectivity index (χ3n) is 4.17. The van der Waals surface area contributed by atoms with Crippen molar-refractivity contribution in [3.05, 3.63) is 39.6 Å². The van der Waals surface area contributed by atoms with Gasteiger partial charge in [-0.2, -0.15) is 0 Å². The third-order valence-corrected chi connectivity index (χ3v) is 6.52. The summed E-state index contributed by atoms with van der Waals surface area (Å²) in [7, 11) is 3.26. The number of benzene rings is 1. The number of rotatable bonds is 8. The van der Waals surface area contributed by atoms with E-state index < -0.39 is 0 Å². The van der Waals surface area contributed by atoms with Gasteiger partial charge in [0.1, 0.15) is 0 Å². The van der Waals surface area contributed by atoms with Crippen LogP contribution in [-0.2, 0) is 4.79 Å². The Bertz CT molecular complexity index is 659. The van der Waals surface area contributed by atoms with Crippen molar-refractivity contribution in [2.45, 2.75) is 13.3 Å². The van der Waals surface area contributed by atoms with Gasteiger partial charge in [0, 0.05) is 15.7 Å². The Labute approximate surface area is 152 Å². The summed E-state index contributed by atoms with van der Waals surface area (Å²) in [5, 5.41) is 0. The van der Waals surface area contributed by atoms with E-state index in [9.17, 15) is 4.79 Å². The maximum Gasteiger partial charge on any atom is 0.163 e. The second-order valence-electron chi connectivity index (χ2n) is 5.66. The molecular formula is C19H24O3S2. The summed E-state index contributed by atoms with van der Waals surface area (Å²) in [6.45, 7) is 1.94. The van der Waals surface area contributed by atoms with Gasteiger partial charge in [-0.15, -0.1) is 23.5 Å². The van der Waals surface area contributed by atoms with Crippen LogP contribution in [-0.4, -0.2) is 32.5 Å². The fraction of sp³-hybridized carbons (Fsp3) is 0.421. The minimum atomic E-state index is 0.135. The quantitative estimate of drug-likeness (QED) is 0.614. The summed E-state index contributed by atoms with van der Waals surface area (Å²) in [5.74, 6) is 2.19. The Morgan fingerprint density at radius 2 is 1.83 bits per heavy atom. The number of carbonyl (C=O) groups excluding carboxylic acids is 1. The highest BCUT2D eigenvalue weighted by Crippen LogP contribution is 2.44. The summed E-state index contributed by atoms with van der Waals surface area (Å²) in [6.07, 6.45) is 9.17. The molecule has 5 heteroatoms. The molecular weight excluding hydrogens is 340 g/mol. The van der Waals surface area contributed by atoms with Crippen LogP contribution in [0.25, 0.3) is 6.08 Å². The van der Waals surface area contributed by atoms with Crippen molar-refractivity contribution in [3.63, 3.8) is 0 Å². The molecule has 1 aliphatic carbocycles. The van der Waals surface area contributed by atoms with Crippen molar-refractivity contribution in [3.8, 4) is 11.5 Å². The number of allylic oxidation sites excluding steroid dienone is 2. The zero-order valence-corrected chi connectivity index (χ0v) is 16.4. The maximum absolute atomic E-state index is 12.5. The summed E-state index contributed by atoms with van der Waals surface area (Å²) >= 11 is 3.30. The third kappa shape index (κ3) is 4.39. The lowest BCUT2D eigenvalue weighted by atomic mass is 10.1. The van der Waals surface area contributed by atoms with Gasteiger partial charge in [-0.05, 0) is 49.5 Å². The summed E-state index contributed by atoms with van der Waals surface area (Å²) < 4.78 is 11.7. The molecule has 1 aromatic rings. The highest BCUT2D eigenvalue weighted by Gasteiger charge is 2.41. The molecule has 0 aromatic heterocycles. The minimum absolute atomic E-state index is 0.135. The average Bonchev–Trinajstić information content (AvgIpc) is 3.39. The first-order valence-electron chi connectivity index (χ1n) is 7.79. The molecule has 2 atom stereocenters. The molecule has 24 heavy (non-hydrogen) atoms. The van der Waals surface area contributed by atoms with Gasteiger partial charge in [-0.3, -0.25) is 4.79 Å². The Kier molecular flexibility index (Phi) is 6.87. The first-order valence-corrected chi connectivity index (χ1v) is 10.2. The van der Waals surface area contributed by atoms with Gasteiger partial charge in [-0.25, -0.2) is 0 Å². The molecule has 0 saturated heterocycles. The Morgan fingerprint density at radius 3 is 2.42 bits per heavy atom. The number of ether oxygens (including phenoxy) is 2. The largest absolute Gasteiger partial charge is 0.493 e. The molecule has 130 valence electrons. The molecule has 1 fully saturated rings. The number of Topliss-reactive ketones (excluding diaryl/α,β-unsaturated/α-hetero) is 1. The fourth-order valence-electron chi connectivity index (χ4n) is 2.69. The first-order chi connectivity index (χ1) is 11.5. The van der Waals surface area contributed by atoms with Crippen molar-refractivity contribution in [1.82, 2.24) is 0 Å². The number of thioether (sulfide) groups is 2. The zero-order valence-electron chi connectivity index (χ0n) is 14.8. The van der Waals surface area contributed by atoms with E-state index in [1.165, 1.54) is 0 Å². The van der Waals surface area contributed by atoms with Gasteiger partial charge in [-0.1, -0.05) is 18.2 Å². The van der Waals surface area contributed by atoms with Crippen LogP contribution in [0.15, 0.2) is 34.1 Å². The second kappa shape index (κ2) is 8.67. The molecule has 0 aliphatic heterocycles. The molecule has 0 heterocycles. The van der Waals surface area contributed by atoms with Crippen LogP contribution in [0, 0.1) is 11.8 Å². The van der Waals surface area contributed by atoms with Crippen LogP contribution < -0.4 is 9.47 Å². The van der Waals surface area contributed by atoms with Gasteiger partial charge in [0.15, 0.2) is 17.3 Å². The van der Waals surface area contributed by atoms with E-state index in [1.54, 1.807) is 37.7 Å². The number of hydrogen-bond donors (Lipinski definition) is 0. The molecule has 0 radical (unpaired) electrons. The van der Waals surface area contributed by atoms with E-state index in [4.69, 9.17) is 9.47 Å². The van der Waals surface area contributed by atoms with E-state index in [1.807, 2.05) is 37.6 Å². The van der Waals surface area contributed by atoms with Crippen LogP contribution in [0.4, 0.5) is 0 Å². The van der Waals surface area contributed by atoms with Crippen molar-refractivity contribution in [2.75, 3.05) is 26.7 Å². The molecule has 1 saturated carbocycles. The number of hydrogen-bond acceptors (Lipinski definition) is 5. The molecule has 0 unspecified atom stereocenters. The van der Waals surface area contributed by atoms with E-state index >= 15 is 0 Å². The lowest BCUT2D eigenvalue weighted by Crippen LogP contribution is -2.04. The zero-order chi connectivity index (χ0) is 17.7. The molecule has 2 rings (SSSR count). The van der Waals surface area contributed by atoms with E-state index in [2.05, 4.69) is 12.2 Å². The van der Waals surface area contributed by atoms with Crippen molar-refractivity contribution >= 4 is 35.4 Å². The lowest BCUT2D eigenvalue weighted by Gasteiger charge is -2.07.